The second-order valence-electron chi connectivity index (χ2n) is 4.49. The smallest absolute Gasteiger partial charge is 0.304 e. The van der Waals surface area contributed by atoms with Crippen LogP contribution in [0.25, 0.3) is 11.5 Å². The maximum atomic E-state index is 10.6. The summed E-state index contributed by atoms with van der Waals surface area (Å²) < 4.78 is 5.52. The fourth-order valence-electron chi connectivity index (χ4n) is 1.78. The molecule has 0 radical (unpaired) electrons. The van der Waals surface area contributed by atoms with Crippen molar-refractivity contribution in [2.75, 3.05) is 0 Å². The zero-order chi connectivity index (χ0) is 13.8. The molecule has 5 nitrogen and oxygen atoms in total. The van der Waals surface area contributed by atoms with Gasteiger partial charge in [-0.25, -0.2) is 0 Å². The zero-order valence-electron chi connectivity index (χ0n) is 11.0. The van der Waals surface area contributed by atoms with E-state index in [2.05, 4.69) is 17.1 Å². The highest BCUT2D eigenvalue weighted by atomic mass is 16.4. The first-order chi connectivity index (χ1) is 9.10. The lowest BCUT2D eigenvalue weighted by Gasteiger charge is -2.01. The summed E-state index contributed by atoms with van der Waals surface area (Å²) in [6.45, 7) is 3.85. The number of aromatic nitrogens is 2. The molecule has 19 heavy (non-hydrogen) atoms. The third kappa shape index (κ3) is 3.19. The van der Waals surface area contributed by atoms with E-state index in [1.165, 1.54) is 5.56 Å². The van der Waals surface area contributed by atoms with Crippen molar-refractivity contribution in [3.8, 4) is 11.5 Å². The zero-order valence-corrected chi connectivity index (χ0v) is 11.0. The number of aliphatic carboxylic acids is 1. The normalized spacial score (nSPS) is 12.3. The molecule has 2 aromatic rings. The average molecular weight is 260 g/mol. The minimum absolute atomic E-state index is 0.0175. The van der Waals surface area contributed by atoms with E-state index in [9.17, 15) is 4.79 Å². The second-order valence-corrected chi connectivity index (χ2v) is 4.49. The Bertz CT molecular complexity index is 560. The molecule has 0 aliphatic rings. The maximum Gasteiger partial charge on any atom is 0.304 e. The third-order valence-electron chi connectivity index (χ3n) is 2.95. The van der Waals surface area contributed by atoms with Crippen molar-refractivity contribution in [3.05, 3.63) is 35.7 Å². The molecule has 5 heteroatoms. The molecular weight excluding hydrogens is 244 g/mol. The van der Waals surface area contributed by atoms with Crippen LogP contribution in [-0.4, -0.2) is 21.3 Å². The van der Waals surface area contributed by atoms with E-state index in [1.807, 2.05) is 24.3 Å². The van der Waals surface area contributed by atoms with Crippen LogP contribution < -0.4 is 0 Å². The first-order valence-corrected chi connectivity index (χ1v) is 6.24. The van der Waals surface area contributed by atoms with E-state index < -0.39 is 5.97 Å². The van der Waals surface area contributed by atoms with E-state index in [1.54, 1.807) is 6.92 Å². The topological polar surface area (TPSA) is 76.2 Å². The average Bonchev–Trinajstić information content (AvgIpc) is 2.88. The Labute approximate surface area is 111 Å². The summed E-state index contributed by atoms with van der Waals surface area (Å²) in [5, 5.41) is 16.6. The molecule has 1 N–H and O–H groups in total. The predicted octanol–water partition coefficient (Wildman–Crippen LogP) is 2.88. The van der Waals surface area contributed by atoms with Gasteiger partial charge in [0.25, 0.3) is 0 Å². The summed E-state index contributed by atoms with van der Waals surface area (Å²) in [6.07, 6.45) is 0.960. The molecule has 1 atom stereocenters. The van der Waals surface area contributed by atoms with Crippen LogP contribution >= 0.6 is 0 Å². The Morgan fingerprint density at radius 3 is 2.58 bits per heavy atom. The quantitative estimate of drug-likeness (QED) is 0.894. The van der Waals surface area contributed by atoms with Gasteiger partial charge in [0.15, 0.2) is 0 Å². The first-order valence-electron chi connectivity index (χ1n) is 6.24. The van der Waals surface area contributed by atoms with Crippen molar-refractivity contribution < 1.29 is 14.3 Å². The molecular formula is C14H16N2O3. The molecule has 0 saturated carbocycles. The van der Waals surface area contributed by atoms with Gasteiger partial charge in [-0.3, -0.25) is 4.79 Å². The van der Waals surface area contributed by atoms with Crippen LogP contribution in [-0.2, 0) is 11.2 Å². The fraction of sp³-hybridized carbons (Fsp3) is 0.357. The molecule has 2 rings (SSSR count). The molecule has 1 heterocycles. The van der Waals surface area contributed by atoms with Gasteiger partial charge in [-0.05, 0) is 24.1 Å². The van der Waals surface area contributed by atoms with Crippen molar-refractivity contribution in [2.24, 2.45) is 0 Å². The van der Waals surface area contributed by atoms with Gasteiger partial charge in [-0.1, -0.05) is 26.0 Å². The summed E-state index contributed by atoms with van der Waals surface area (Å²) in [6, 6.07) is 7.88. The van der Waals surface area contributed by atoms with Gasteiger partial charge in [0.1, 0.15) is 0 Å². The van der Waals surface area contributed by atoms with E-state index in [4.69, 9.17) is 9.52 Å². The molecule has 0 spiro atoms. The highest BCUT2D eigenvalue weighted by molar-refractivity contribution is 5.67. The predicted molar refractivity (Wildman–Crippen MR) is 69.8 cm³/mol. The molecule has 0 fully saturated rings. The van der Waals surface area contributed by atoms with Crippen molar-refractivity contribution in [3.63, 3.8) is 0 Å². The van der Waals surface area contributed by atoms with Crippen LogP contribution in [0.15, 0.2) is 28.7 Å². The number of carboxylic acid groups (broad SMARTS) is 1. The number of carbonyl (C=O) groups is 1. The standard InChI is InChI=1S/C14H16N2O3/c1-3-10-4-6-11(7-5-10)14-16-15-13(19-14)9(2)8-12(17)18/h4-7,9H,3,8H2,1-2H3,(H,17,18). The lowest BCUT2D eigenvalue weighted by molar-refractivity contribution is -0.137. The molecule has 0 aliphatic carbocycles. The van der Waals surface area contributed by atoms with E-state index in [-0.39, 0.29) is 12.3 Å². The van der Waals surface area contributed by atoms with Crippen molar-refractivity contribution in [1.82, 2.24) is 10.2 Å². The SMILES string of the molecule is CCc1ccc(-c2nnc(C(C)CC(=O)O)o2)cc1. The Kier molecular flexibility index (Phi) is 3.94. The number of carboxylic acids is 1. The number of benzene rings is 1. The monoisotopic (exact) mass is 260 g/mol. The van der Waals surface area contributed by atoms with Crippen LogP contribution in [0.4, 0.5) is 0 Å². The van der Waals surface area contributed by atoms with Gasteiger partial charge in [-0.2, -0.15) is 0 Å². The second kappa shape index (κ2) is 5.65. The van der Waals surface area contributed by atoms with Crippen molar-refractivity contribution in [2.45, 2.75) is 32.6 Å². The Hall–Kier alpha value is -2.17. The summed E-state index contributed by atoms with van der Waals surface area (Å²) >= 11 is 0. The highest BCUT2D eigenvalue weighted by Gasteiger charge is 2.17. The largest absolute Gasteiger partial charge is 0.481 e. The Morgan fingerprint density at radius 1 is 1.32 bits per heavy atom. The van der Waals surface area contributed by atoms with Crippen molar-refractivity contribution in [1.29, 1.82) is 0 Å². The molecule has 0 amide bonds. The van der Waals surface area contributed by atoms with Crippen LogP contribution in [0.2, 0.25) is 0 Å². The molecule has 1 aromatic carbocycles. The molecule has 0 aliphatic heterocycles. The molecule has 1 aromatic heterocycles. The Morgan fingerprint density at radius 2 is 2.00 bits per heavy atom. The number of rotatable bonds is 5. The number of hydrogen-bond acceptors (Lipinski definition) is 4. The van der Waals surface area contributed by atoms with Crippen molar-refractivity contribution >= 4 is 5.97 Å². The van der Waals surface area contributed by atoms with Crippen LogP contribution in [0.3, 0.4) is 0 Å². The highest BCUT2D eigenvalue weighted by Crippen LogP contribution is 2.23. The van der Waals surface area contributed by atoms with E-state index >= 15 is 0 Å². The van der Waals surface area contributed by atoms with Gasteiger partial charge >= 0.3 is 5.97 Å². The van der Waals surface area contributed by atoms with Crippen LogP contribution in [0.1, 0.15) is 37.6 Å². The lowest BCUT2D eigenvalue weighted by atomic mass is 10.1. The molecule has 100 valence electrons. The van der Waals surface area contributed by atoms with E-state index in [0.717, 1.165) is 12.0 Å². The number of hydrogen-bond donors (Lipinski definition) is 1. The van der Waals surface area contributed by atoms with Gasteiger partial charge in [0, 0.05) is 11.5 Å². The van der Waals surface area contributed by atoms with Gasteiger partial charge in [-0.15, -0.1) is 10.2 Å². The summed E-state index contributed by atoms with van der Waals surface area (Å²) in [5.41, 5.74) is 2.08. The fourth-order valence-corrected chi connectivity index (χ4v) is 1.78. The minimum atomic E-state index is -0.875. The first kappa shape index (κ1) is 13.3. The van der Waals surface area contributed by atoms with Gasteiger partial charge in [0.2, 0.25) is 11.8 Å². The lowest BCUT2D eigenvalue weighted by Crippen LogP contribution is -2.02. The molecule has 0 bridgehead atoms. The maximum absolute atomic E-state index is 10.6. The van der Waals surface area contributed by atoms with Gasteiger partial charge < -0.3 is 9.52 Å². The third-order valence-corrected chi connectivity index (χ3v) is 2.95. The van der Waals surface area contributed by atoms with Crippen LogP contribution in [0.5, 0.6) is 0 Å². The number of nitrogens with zero attached hydrogens (tertiary/aromatic N) is 2. The van der Waals surface area contributed by atoms with Gasteiger partial charge in [0.05, 0.1) is 6.42 Å². The Balaban J connectivity index is 2.17. The summed E-state index contributed by atoms with van der Waals surface area (Å²) in [7, 11) is 0. The van der Waals surface area contributed by atoms with E-state index in [0.29, 0.717) is 11.8 Å². The molecule has 1 unspecified atom stereocenters. The summed E-state index contributed by atoms with van der Waals surface area (Å²) in [4.78, 5) is 10.6. The van der Waals surface area contributed by atoms with Crippen LogP contribution in [0, 0.1) is 0 Å². The number of aryl methyl sites for hydroxylation is 1. The summed E-state index contributed by atoms with van der Waals surface area (Å²) in [5.74, 6) is -0.375. The molecule has 0 saturated heterocycles. The minimum Gasteiger partial charge on any atom is -0.481 e.